The fourth-order valence-electron chi connectivity index (χ4n) is 4.73. The number of imide groups is 1. The first-order valence-electron chi connectivity index (χ1n) is 11.1. The van der Waals surface area contributed by atoms with Crippen molar-refractivity contribution in [1.82, 2.24) is 9.80 Å². The van der Waals surface area contributed by atoms with Gasteiger partial charge in [-0.1, -0.05) is 36.4 Å². The summed E-state index contributed by atoms with van der Waals surface area (Å²) in [6.45, 7) is 2.58. The van der Waals surface area contributed by atoms with Crippen LogP contribution in [0.1, 0.15) is 18.4 Å². The zero-order chi connectivity index (χ0) is 23.4. The maximum Gasteiger partial charge on any atom is 0.241 e. The molecule has 2 aromatic rings. The lowest BCUT2D eigenvalue weighted by Gasteiger charge is -2.37. The zero-order valence-corrected chi connectivity index (χ0v) is 18.7. The van der Waals surface area contributed by atoms with Gasteiger partial charge in [0.25, 0.3) is 0 Å². The van der Waals surface area contributed by atoms with E-state index in [1.165, 1.54) is 25.3 Å². The molecule has 0 aromatic heterocycles. The van der Waals surface area contributed by atoms with E-state index in [2.05, 4.69) is 4.90 Å². The van der Waals surface area contributed by atoms with Gasteiger partial charge in [0.05, 0.1) is 18.6 Å². The number of carbonyl (C=O) groups is 3. The van der Waals surface area contributed by atoms with Crippen LogP contribution in [0.4, 0.5) is 10.1 Å². The molecule has 2 aromatic carbocycles. The van der Waals surface area contributed by atoms with Crippen molar-refractivity contribution in [3.05, 3.63) is 66.0 Å². The molecule has 0 spiro atoms. The Morgan fingerprint density at radius 1 is 1.00 bits per heavy atom. The van der Waals surface area contributed by atoms with Gasteiger partial charge in [0.15, 0.2) is 0 Å². The molecule has 2 aliphatic heterocycles. The summed E-state index contributed by atoms with van der Waals surface area (Å²) in [5.41, 5.74) is -0.346. The molecule has 1 atom stereocenters. The fourth-order valence-corrected chi connectivity index (χ4v) is 4.73. The Bertz CT molecular complexity index is 1020. The first-order valence-corrected chi connectivity index (χ1v) is 11.1. The van der Waals surface area contributed by atoms with Gasteiger partial charge in [0.1, 0.15) is 5.82 Å². The standard InChI is InChI=1S/C25H28FN3O4/c1-33-16-15-29-23(31)18-25(24(29)32,20-9-5-6-10-21(20)26)17-22(30)28-13-11-27(12-14-28)19-7-3-2-4-8-19/h2-10H,11-18H2,1H3/t25-/m1/s1. The van der Waals surface area contributed by atoms with Crippen molar-refractivity contribution in [1.29, 1.82) is 0 Å². The predicted octanol–water partition coefficient (Wildman–Crippen LogP) is 2.21. The van der Waals surface area contributed by atoms with Crippen LogP contribution >= 0.6 is 0 Å². The van der Waals surface area contributed by atoms with Crippen LogP contribution in [0.5, 0.6) is 0 Å². The number of rotatable bonds is 7. The van der Waals surface area contributed by atoms with Crippen LogP contribution in [0.15, 0.2) is 54.6 Å². The summed E-state index contributed by atoms with van der Waals surface area (Å²) < 4.78 is 19.9. The molecule has 0 unspecified atom stereocenters. The summed E-state index contributed by atoms with van der Waals surface area (Å²) >= 11 is 0. The van der Waals surface area contributed by atoms with E-state index in [0.717, 1.165) is 10.6 Å². The minimum atomic E-state index is -1.54. The number of carbonyl (C=O) groups excluding carboxylic acids is 3. The Morgan fingerprint density at radius 3 is 2.33 bits per heavy atom. The number of halogens is 1. The number of likely N-dealkylation sites (tertiary alicyclic amines) is 1. The molecule has 33 heavy (non-hydrogen) atoms. The number of amides is 3. The lowest BCUT2D eigenvalue weighted by molar-refractivity contribution is -0.143. The van der Waals surface area contributed by atoms with E-state index in [-0.39, 0.29) is 37.5 Å². The molecule has 7 nitrogen and oxygen atoms in total. The molecule has 0 radical (unpaired) electrons. The summed E-state index contributed by atoms with van der Waals surface area (Å²) in [5.74, 6) is -1.79. The molecular formula is C25H28FN3O4. The van der Waals surface area contributed by atoms with Gasteiger partial charge in [0.2, 0.25) is 17.7 Å². The van der Waals surface area contributed by atoms with Gasteiger partial charge in [-0.2, -0.15) is 0 Å². The van der Waals surface area contributed by atoms with Crippen LogP contribution in [-0.2, 0) is 24.5 Å². The smallest absolute Gasteiger partial charge is 0.241 e. The molecule has 2 aliphatic rings. The van der Waals surface area contributed by atoms with Crippen LogP contribution in [0.3, 0.4) is 0 Å². The molecule has 0 N–H and O–H groups in total. The molecule has 2 saturated heterocycles. The average molecular weight is 454 g/mol. The summed E-state index contributed by atoms with van der Waals surface area (Å²) in [6.07, 6.45) is -0.473. The van der Waals surface area contributed by atoms with E-state index < -0.39 is 23.0 Å². The second-order valence-electron chi connectivity index (χ2n) is 8.46. The van der Waals surface area contributed by atoms with Crippen molar-refractivity contribution in [3.63, 3.8) is 0 Å². The van der Waals surface area contributed by atoms with Crippen LogP contribution in [0.2, 0.25) is 0 Å². The summed E-state index contributed by atoms with van der Waals surface area (Å²) in [7, 11) is 1.48. The van der Waals surface area contributed by atoms with Crippen LogP contribution < -0.4 is 4.90 Å². The monoisotopic (exact) mass is 453 g/mol. The molecule has 8 heteroatoms. The molecule has 0 aliphatic carbocycles. The maximum absolute atomic E-state index is 14.9. The minimum Gasteiger partial charge on any atom is -0.383 e. The van der Waals surface area contributed by atoms with E-state index >= 15 is 0 Å². The Morgan fingerprint density at radius 2 is 1.67 bits per heavy atom. The third kappa shape index (κ3) is 4.48. The fraction of sp³-hybridized carbons (Fsp3) is 0.400. The van der Waals surface area contributed by atoms with Crippen molar-refractivity contribution in [2.75, 3.05) is 51.3 Å². The van der Waals surface area contributed by atoms with Crippen LogP contribution in [0, 0.1) is 5.82 Å². The van der Waals surface area contributed by atoms with Gasteiger partial charge in [-0.15, -0.1) is 0 Å². The van der Waals surface area contributed by atoms with Gasteiger partial charge < -0.3 is 14.5 Å². The highest BCUT2D eigenvalue weighted by atomic mass is 19.1. The van der Waals surface area contributed by atoms with Crippen LogP contribution in [-0.4, -0.2) is 74.0 Å². The Hall–Kier alpha value is -3.26. The van der Waals surface area contributed by atoms with Gasteiger partial charge in [0, 0.05) is 57.4 Å². The molecule has 174 valence electrons. The first-order chi connectivity index (χ1) is 16.0. The number of hydrogen-bond acceptors (Lipinski definition) is 5. The molecular weight excluding hydrogens is 425 g/mol. The SMILES string of the molecule is COCCN1C(=O)C[C@](CC(=O)N2CCN(c3ccccc3)CC2)(c2ccccc2F)C1=O. The molecule has 0 bridgehead atoms. The molecule has 2 fully saturated rings. The largest absolute Gasteiger partial charge is 0.383 e. The van der Waals surface area contributed by atoms with Crippen molar-refractivity contribution in [2.45, 2.75) is 18.3 Å². The summed E-state index contributed by atoms with van der Waals surface area (Å²) in [4.78, 5) is 44.5. The van der Waals surface area contributed by atoms with Crippen molar-refractivity contribution in [2.24, 2.45) is 0 Å². The molecule has 4 rings (SSSR count). The van der Waals surface area contributed by atoms with Crippen molar-refractivity contribution >= 4 is 23.4 Å². The zero-order valence-electron chi connectivity index (χ0n) is 18.7. The number of nitrogens with zero attached hydrogens (tertiary/aromatic N) is 3. The number of anilines is 1. The van der Waals surface area contributed by atoms with E-state index in [0.29, 0.717) is 26.2 Å². The molecule has 3 amide bonds. The Kier molecular flexibility index (Phi) is 6.74. The Labute approximate surface area is 192 Å². The first kappa shape index (κ1) is 22.9. The number of piperazine rings is 1. The van der Waals surface area contributed by atoms with Crippen molar-refractivity contribution in [3.8, 4) is 0 Å². The second kappa shape index (κ2) is 9.70. The van der Waals surface area contributed by atoms with E-state index in [1.807, 2.05) is 30.3 Å². The number of para-hydroxylation sites is 1. The topological polar surface area (TPSA) is 70.2 Å². The number of hydrogen-bond donors (Lipinski definition) is 0. The van der Waals surface area contributed by atoms with Gasteiger partial charge >= 0.3 is 0 Å². The second-order valence-corrected chi connectivity index (χ2v) is 8.46. The lowest BCUT2D eigenvalue weighted by atomic mass is 9.75. The van der Waals surface area contributed by atoms with E-state index in [1.54, 1.807) is 11.0 Å². The quantitative estimate of drug-likeness (QED) is 0.602. The number of methoxy groups -OCH3 is 1. The highest BCUT2D eigenvalue weighted by Gasteiger charge is 2.55. The average Bonchev–Trinajstić information content (AvgIpc) is 3.07. The van der Waals surface area contributed by atoms with Crippen LogP contribution in [0.25, 0.3) is 0 Å². The highest BCUT2D eigenvalue weighted by Crippen LogP contribution is 2.41. The predicted molar refractivity (Wildman–Crippen MR) is 121 cm³/mol. The lowest BCUT2D eigenvalue weighted by Crippen LogP contribution is -2.51. The third-order valence-electron chi connectivity index (χ3n) is 6.52. The van der Waals surface area contributed by atoms with Crippen molar-refractivity contribution < 1.29 is 23.5 Å². The third-order valence-corrected chi connectivity index (χ3v) is 6.52. The molecule has 2 heterocycles. The number of benzene rings is 2. The van der Waals surface area contributed by atoms with E-state index in [4.69, 9.17) is 4.74 Å². The van der Waals surface area contributed by atoms with Gasteiger partial charge in [-0.05, 0) is 18.2 Å². The minimum absolute atomic E-state index is 0.0777. The maximum atomic E-state index is 14.9. The highest BCUT2D eigenvalue weighted by molar-refractivity contribution is 6.10. The van der Waals surface area contributed by atoms with E-state index in [9.17, 15) is 18.8 Å². The summed E-state index contributed by atoms with van der Waals surface area (Å²) in [6, 6.07) is 15.9. The summed E-state index contributed by atoms with van der Waals surface area (Å²) in [5, 5.41) is 0. The van der Waals surface area contributed by atoms with Gasteiger partial charge in [-0.25, -0.2) is 4.39 Å². The molecule has 0 saturated carbocycles. The van der Waals surface area contributed by atoms with Gasteiger partial charge in [-0.3, -0.25) is 19.3 Å². The number of ether oxygens (including phenoxy) is 1. The normalized spacial score (nSPS) is 21.1. The Balaban J connectivity index is 1.54.